The lowest BCUT2D eigenvalue weighted by Crippen LogP contribution is -2.03. The van der Waals surface area contributed by atoms with Crippen LogP contribution in [0.15, 0.2) is 34.9 Å². The summed E-state index contributed by atoms with van der Waals surface area (Å²) in [6, 6.07) is 7.64. The Morgan fingerprint density at radius 2 is 2.24 bits per heavy atom. The molecule has 4 heteroatoms. The van der Waals surface area contributed by atoms with Crippen LogP contribution < -0.4 is 10.1 Å². The van der Waals surface area contributed by atoms with Gasteiger partial charge < -0.3 is 14.5 Å². The molecule has 0 aliphatic carbocycles. The molecule has 0 atom stereocenters. The normalized spacial score (nSPS) is 10.2. The number of anilines is 1. The lowest BCUT2D eigenvalue weighted by Gasteiger charge is -2.09. The maximum atomic E-state index is 5.48. The first-order chi connectivity index (χ1) is 8.29. The largest absolute Gasteiger partial charge is 0.490 e. The summed E-state index contributed by atoms with van der Waals surface area (Å²) in [5.74, 6) is 3.30. The van der Waals surface area contributed by atoms with Crippen LogP contribution in [0, 0.1) is 6.92 Å². The second kappa shape index (κ2) is 5.39. The van der Waals surface area contributed by atoms with E-state index >= 15 is 0 Å². The molecule has 1 N–H and O–H groups in total. The van der Waals surface area contributed by atoms with E-state index in [4.69, 9.17) is 9.15 Å². The van der Waals surface area contributed by atoms with Crippen LogP contribution in [-0.2, 0) is 6.54 Å². The van der Waals surface area contributed by atoms with E-state index in [1.807, 2.05) is 38.1 Å². The maximum absolute atomic E-state index is 5.48. The van der Waals surface area contributed by atoms with E-state index in [2.05, 4.69) is 10.3 Å². The highest BCUT2D eigenvalue weighted by Crippen LogP contribution is 2.21. The number of aromatic nitrogens is 1. The molecule has 2 aromatic rings. The molecule has 0 radical (unpaired) electrons. The number of ether oxygens (including phenoxy) is 1. The first kappa shape index (κ1) is 11.5. The lowest BCUT2D eigenvalue weighted by atomic mass is 10.4. The number of hydrogen-bond donors (Lipinski definition) is 1. The van der Waals surface area contributed by atoms with Crippen molar-refractivity contribution in [2.75, 3.05) is 11.9 Å². The Morgan fingerprint density at radius 3 is 2.94 bits per heavy atom. The Hall–Kier alpha value is -1.97. The van der Waals surface area contributed by atoms with Crippen LogP contribution in [0.4, 0.5) is 5.82 Å². The molecule has 2 aromatic heterocycles. The average Bonchev–Trinajstić information content (AvgIpc) is 2.74. The van der Waals surface area contributed by atoms with Crippen LogP contribution in [0.2, 0.25) is 0 Å². The predicted molar refractivity (Wildman–Crippen MR) is 66.2 cm³/mol. The van der Waals surface area contributed by atoms with Gasteiger partial charge in [0.2, 0.25) is 0 Å². The van der Waals surface area contributed by atoms with Crippen molar-refractivity contribution >= 4 is 5.82 Å². The zero-order valence-electron chi connectivity index (χ0n) is 10.1. The van der Waals surface area contributed by atoms with Crippen LogP contribution in [0.1, 0.15) is 18.4 Å². The average molecular weight is 232 g/mol. The van der Waals surface area contributed by atoms with Crippen LogP contribution in [0.5, 0.6) is 5.75 Å². The summed E-state index contributed by atoms with van der Waals surface area (Å²) in [4.78, 5) is 4.24. The number of hydrogen-bond acceptors (Lipinski definition) is 4. The molecule has 0 unspecified atom stereocenters. The lowest BCUT2D eigenvalue weighted by molar-refractivity contribution is 0.340. The van der Waals surface area contributed by atoms with Gasteiger partial charge in [-0.2, -0.15) is 0 Å². The third-order valence-electron chi connectivity index (χ3n) is 2.30. The van der Waals surface area contributed by atoms with Crippen molar-refractivity contribution in [3.8, 4) is 5.75 Å². The standard InChI is InChI=1S/C13H16N2O2/c1-3-16-12-5-4-8-14-13(12)15-9-11-7-6-10(2)17-11/h4-8H,3,9H2,1-2H3,(H,14,15). The van der Waals surface area contributed by atoms with Gasteiger partial charge in [-0.1, -0.05) is 0 Å². The van der Waals surface area contributed by atoms with Gasteiger partial charge in [0.25, 0.3) is 0 Å². The number of rotatable bonds is 5. The first-order valence-electron chi connectivity index (χ1n) is 5.66. The van der Waals surface area contributed by atoms with Gasteiger partial charge in [0.05, 0.1) is 13.2 Å². The van der Waals surface area contributed by atoms with Crippen molar-refractivity contribution in [3.63, 3.8) is 0 Å². The smallest absolute Gasteiger partial charge is 0.169 e. The number of nitrogens with zero attached hydrogens (tertiary/aromatic N) is 1. The molecule has 0 aliphatic heterocycles. The van der Waals surface area contributed by atoms with Gasteiger partial charge in [-0.25, -0.2) is 4.98 Å². The fraction of sp³-hybridized carbons (Fsp3) is 0.308. The molecule has 0 aromatic carbocycles. The molecule has 2 heterocycles. The Kier molecular flexibility index (Phi) is 3.65. The van der Waals surface area contributed by atoms with Crippen molar-refractivity contribution in [2.24, 2.45) is 0 Å². The Bertz CT molecular complexity index is 480. The fourth-order valence-corrected chi connectivity index (χ4v) is 1.55. The van der Waals surface area contributed by atoms with Gasteiger partial charge in [-0.3, -0.25) is 0 Å². The summed E-state index contributed by atoms with van der Waals surface area (Å²) in [5.41, 5.74) is 0. The fourth-order valence-electron chi connectivity index (χ4n) is 1.55. The summed E-state index contributed by atoms with van der Waals surface area (Å²) in [6.45, 7) is 5.10. The minimum atomic E-state index is 0.602. The number of furan rings is 1. The van der Waals surface area contributed by atoms with Crippen LogP contribution >= 0.6 is 0 Å². The third kappa shape index (κ3) is 3.00. The summed E-state index contributed by atoms with van der Waals surface area (Å²) in [7, 11) is 0. The number of aryl methyl sites for hydroxylation is 1. The van der Waals surface area contributed by atoms with Gasteiger partial charge in [-0.05, 0) is 38.1 Å². The molecule has 4 nitrogen and oxygen atoms in total. The van der Waals surface area contributed by atoms with E-state index in [-0.39, 0.29) is 0 Å². The highest BCUT2D eigenvalue weighted by atomic mass is 16.5. The maximum Gasteiger partial charge on any atom is 0.169 e. The van der Waals surface area contributed by atoms with Gasteiger partial charge >= 0.3 is 0 Å². The molecule has 0 amide bonds. The summed E-state index contributed by atoms with van der Waals surface area (Å²) < 4.78 is 10.9. The summed E-state index contributed by atoms with van der Waals surface area (Å²) in [5, 5.41) is 3.20. The topological polar surface area (TPSA) is 47.3 Å². The Labute approximate surface area is 101 Å². The molecule has 90 valence electrons. The number of pyridine rings is 1. The first-order valence-corrected chi connectivity index (χ1v) is 5.66. The van der Waals surface area contributed by atoms with Crippen molar-refractivity contribution in [1.82, 2.24) is 4.98 Å². The highest BCUT2D eigenvalue weighted by Gasteiger charge is 2.04. The summed E-state index contributed by atoms with van der Waals surface area (Å²) >= 11 is 0. The SMILES string of the molecule is CCOc1cccnc1NCc1ccc(C)o1. The molecule has 2 rings (SSSR count). The van der Waals surface area contributed by atoms with Gasteiger partial charge in [-0.15, -0.1) is 0 Å². The van der Waals surface area contributed by atoms with E-state index < -0.39 is 0 Å². The van der Waals surface area contributed by atoms with Crippen molar-refractivity contribution < 1.29 is 9.15 Å². The zero-order chi connectivity index (χ0) is 12.1. The van der Waals surface area contributed by atoms with E-state index in [0.717, 1.165) is 23.1 Å². The molecule has 0 spiro atoms. The molecule has 17 heavy (non-hydrogen) atoms. The molecule has 0 saturated heterocycles. The molecule has 0 saturated carbocycles. The monoisotopic (exact) mass is 232 g/mol. The predicted octanol–water partition coefficient (Wildman–Crippen LogP) is 2.99. The number of nitrogens with one attached hydrogen (secondary N) is 1. The minimum Gasteiger partial charge on any atom is -0.490 e. The molecular weight excluding hydrogens is 216 g/mol. The Morgan fingerprint density at radius 1 is 1.35 bits per heavy atom. The second-order valence-electron chi connectivity index (χ2n) is 3.65. The Balaban J connectivity index is 2.03. The van der Waals surface area contributed by atoms with Crippen LogP contribution in [-0.4, -0.2) is 11.6 Å². The quantitative estimate of drug-likeness (QED) is 0.860. The van der Waals surface area contributed by atoms with Crippen molar-refractivity contribution in [2.45, 2.75) is 20.4 Å². The van der Waals surface area contributed by atoms with Gasteiger partial charge in [0.1, 0.15) is 11.5 Å². The highest BCUT2D eigenvalue weighted by molar-refractivity contribution is 5.49. The van der Waals surface area contributed by atoms with Crippen LogP contribution in [0.25, 0.3) is 0 Å². The van der Waals surface area contributed by atoms with Gasteiger partial charge in [0, 0.05) is 6.20 Å². The van der Waals surface area contributed by atoms with E-state index in [1.165, 1.54) is 0 Å². The van der Waals surface area contributed by atoms with Crippen LogP contribution in [0.3, 0.4) is 0 Å². The second-order valence-corrected chi connectivity index (χ2v) is 3.65. The molecule has 0 aliphatic rings. The molecule has 0 bridgehead atoms. The van der Waals surface area contributed by atoms with E-state index in [1.54, 1.807) is 6.20 Å². The van der Waals surface area contributed by atoms with E-state index in [0.29, 0.717) is 13.2 Å². The van der Waals surface area contributed by atoms with Crippen molar-refractivity contribution in [3.05, 3.63) is 42.0 Å². The molecular formula is C13H16N2O2. The molecule has 0 fully saturated rings. The van der Waals surface area contributed by atoms with E-state index in [9.17, 15) is 0 Å². The summed E-state index contributed by atoms with van der Waals surface area (Å²) in [6.07, 6.45) is 1.73. The van der Waals surface area contributed by atoms with Gasteiger partial charge in [0.15, 0.2) is 11.6 Å². The third-order valence-corrected chi connectivity index (χ3v) is 2.30. The zero-order valence-corrected chi connectivity index (χ0v) is 10.1. The minimum absolute atomic E-state index is 0.602. The van der Waals surface area contributed by atoms with Crippen molar-refractivity contribution in [1.29, 1.82) is 0 Å².